The SMILES string of the molecule is CCCCN1C/C=C\CCC(=O)N(C)[C@H](C)[C@@H](c2ccccc2)OC(=O)[C@@H]2[C@@H]3C=C[C@]4(O3)[C@H](C1=O)N([C@@H](CO)CC(C)C)C(=O)[C@@H]24. The van der Waals surface area contributed by atoms with Crippen LogP contribution < -0.4 is 0 Å². The molecule has 250 valence electrons. The van der Waals surface area contributed by atoms with Gasteiger partial charge in [-0.15, -0.1) is 0 Å². The average Bonchev–Trinajstić information content (AvgIpc) is 3.69. The molecule has 3 amide bonds. The molecule has 1 spiro atoms. The van der Waals surface area contributed by atoms with E-state index < -0.39 is 53.7 Å². The number of hydrogen-bond acceptors (Lipinski definition) is 7. The van der Waals surface area contributed by atoms with Crippen molar-refractivity contribution in [3.8, 4) is 0 Å². The van der Waals surface area contributed by atoms with E-state index in [1.54, 1.807) is 29.0 Å². The van der Waals surface area contributed by atoms with Crippen molar-refractivity contribution in [1.29, 1.82) is 0 Å². The molecule has 10 nitrogen and oxygen atoms in total. The third-order valence-electron chi connectivity index (χ3n) is 10.1. The number of aliphatic hydroxyl groups excluding tert-OH is 1. The van der Waals surface area contributed by atoms with Gasteiger partial charge < -0.3 is 29.3 Å². The number of likely N-dealkylation sites (tertiary alicyclic amines) is 1. The standard InChI is InChI=1S/C36H49N3O7/c1-6-7-19-38-20-13-9-12-16-28(41)37(5)24(4)31(25-14-10-8-11-15-25)45-35(44)29-27-17-18-36(46-27)30(29)33(42)39(32(36)34(38)43)26(22-40)21-23(2)3/h8-11,13-15,17-18,23-24,26-27,29-32,40H,6-7,12,16,19-22H2,1-5H3/b13-9-/t24-,26-,27+,29-,30-,31+,32+,36-/m1/s1. The highest BCUT2D eigenvalue weighted by molar-refractivity contribution is 5.99. The van der Waals surface area contributed by atoms with Crippen LogP contribution in [0.3, 0.4) is 0 Å². The van der Waals surface area contributed by atoms with E-state index in [9.17, 15) is 24.3 Å². The highest BCUT2D eigenvalue weighted by atomic mass is 16.6. The van der Waals surface area contributed by atoms with Gasteiger partial charge in [0.15, 0.2) is 0 Å². The van der Waals surface area contributed by atoms with E-state index in [4.69, 9.17) is 9.47 Å². The molecule has 0 aliphatic carbocycles. The molecule has 5 bridgehead atoms. The van der Waals surface area contributed by atoms with Gasteiger partial charge in [0.1, 0.15) is 23.7 Å². The van der Waals surface area contributed by atoms with Gasteiger partial charge in [-0.25, -0.2) is 0 Å². The average molecular weight is 636 g/mol. The Labute approximate surface area is 272 Å². The van der Waals surface area contributed by atoms with E-state index >= 15 is 0 Å². The van der Waals surface area contributed by atoms with Gasteiger partial charge in [0.2, 0.25) is 17.7 Å². The molecule has 4 aliphatic heterocycles. The molecule has 8 atom stereocenters. The number of ether oxygens (including phenoxy) is 2. The maximum Gasteiger partial charge on any atom is 0.313 e. The first-order valence-corrected chi connectivity index (χ1v) is 16.8. The van der Waals surface area contributed by atoms with Crippen LogP contribution in [-0.2, 0) is 28.7 Å². The third-order valence-corrected chi connectivity index (χ3v) is 10.1. The van der Waals surface area contributed by atoms with Crippen molar-refractivity contribution >= 4 is 23.7 Å². The Morgan fingerprint density at radius 2 is 1.80 bits per heavy atom. The van der Waals surface area contributed by atoms with Gasteiger partial charge in [-0.1, -0.05) is 81.8 Å². The zero-order valence-electron chi connectivity index (χ0n) is 27.7. The zero-order valence-corrected chi connectivity index (χ0v) is 27.7. The Morgan fingerprint density at radius 1 is 1.07 bits per heavy atom. The zero-order chi connectivity index (χ0) is 33.2. The number of benzene rings is 1. The summed E-state index contributed by atoms with van der Waals surface area (Å²) in [7, 11) is 1.71. The van der Waals surface area contributed by atoms with Crippen LogP contribution in [0.15, 0.2) is 54.6 Å². The lowest BCUT2D eigenvalue weighted by molar-refractivity contribution is -0.164. The lowest BCUT2D eigenvalue weighted by Gasteiger charge is -2.39. The predicted octanol–water partition coefficient (Wildman–Crippen LogP) is 3.65. The number of esters is 1. The van der Waals surface area contributed by atoms with Crippen molar-refractivity contribution in [3.05, 3.63) is 60.2 Å². The molecule has 2 fully saturated rings. The fourth-order valence-corrected chi connectivity index (χ4v) is 7.61. The lowest BCUT2D eigenvalue weighted by Crippen LogP contribution is -2.58. The number of allylic oxidation sites excluding steroid dienone is 1. The maximum absolute atomic E-state index is 14.7. The normalized spacial score (nSPS) is 33.2. The molecule has 2 saturated heterocycles. The van der Waals surface area contributed by atoms with Gasteiger partial charge in [0, 0.05) is 26.6 Å². The molecule has 0 saturated carbocycles. The van der Waals surface area contributed by atoms with E-state index in [0.717, 1.165) is 18.4 Å². The van der Waals surface area contributed by atoms with Crippen LogP contribution in [0, 0.1) is 17.8 Å². The minimum Gasteiger partial charge on any atom is -0.455 e. The second kappa shape index (κ2) is 14.1. The fourth-order valence-electron chi connectivity index (χ4n) is 7.61. The van der Waals surface area contributed by atoms with E-state index in [0.29, 0.717) is 25.9 Å². The molecule has 1 aromatic rings. The number of nitrogens with zero attached hydrogens (tertiary/aromatic N) is 3. The topological polar surface area (TPSA) is 117 Å². The van der Waals surface area contributed by atoms with Crippen LogP contribution in [0.1, 0.15) is 71.5 Å². The first-order chi connectivity index (χ1) is 22.0. The molecule has 1 aromatic carbocycles. The monoisotopic (exact) mass is 635 g/mol. The fraction of sp³-hybridized carbons (Fsp3) is 0.611. The summed E-state index contributed by atoms with van der Waals surface area (Å²) in [5.41, 5.74) is -0.637. The minimum absolute atomic E-state index is 0.0902. The van der Waals surface area contributed by atoms with Crippen molar-refractivity contribution in [2.24, 2.45) is 17.8 Å². The molecule has 0 radical (unpaired) electrons. The molecule has 0 unspecified atom stereocenters. The van der Waals surface area contributed by atoms with Gasteiger partial charge in [-0.3, -0.25) is 19.2 Å². The van der Waals surface area contributed by atoms with E-state index in [2.05, 4.69) is 6.92 Å². The first-order valence-electron chi connectivity index (χ1n) is 16.8. The molecular weight excluding hydrogens is 586 g/mol. The van der Waals surface area contributed by atoms with Gasteiger partial charge in [-0.2, -0.15) is 0 Å². The molecule has 4 aliphatic rings. The minimum atomic E-state index is -1.37. The van der Waals surface area contributed by atoms with Crippen molar-refractivity contribution in [2.45, 2.75) is 95.7 Å². The van der Waals surface area contributed by atoms with Crippen molar-refractivity contribution in [1.82, 2.24) is 14.7 Å². The summed E-state index contributed by atoms with van der Waals surface area (Å²) in [5.74, 6) is -3.19. The summed E-state index contributed by atoms with van der Waals surface area (Å²) in [6.07, 6.45) is 8.72. The molecule has 1 N–H and O–H groups in total. The van der Waals surface area contributed by atoms with Crippen LogP contribution in [0.4, 0.5) is 0 Å². The highest BCUT2D eigenvalue weighted by Crippen LogP contribution is 2.56. The number of carbonyl (C=O) groups is 4. The van der Waals surface area contributed by atoms with E-state index in [1.165, 1.54) is 4.90 Å². The maximum atomic E-state index is 14.7. The number of likely N-dealkylation sites (N-methyl/N-ethyl adjacent to an activating group) is 1. The Hall–Kier alpha value is -3.50. The quantitative estimate of drug-likeness (QED) is 0.343. The van der Waals surface area contributed by atoms with Crippen molar-refractivity contribution in [3.63, 3.8) is 0 Å². The van der Waals surface area contributed by atoms with Gasteiger partial charge in [-0.05, 0) is 37.7 Å². The van der Waals surface area contributed by atoms with Crippen molar-refractivity contribution in [2.75, 3.05) is 26.7 Å². The molecule has 10 heteroatoms. The Balaban J connectivity index is 1.62. The molecule has 4 heterocycles. The second-order valence-electron chi connectivity index (χ2n) is 13.6. The van der Waals surface area contributed by atoms with Crippen molar-refractivity contribution < 1.29 is 33.8 Å². The number of carbonyl (C=O) groups excluding carboxylic acids is 4. The number of rotatable bonds is 8. The van der Waals surface area contributed by atoms with Gasteiger partial charge in [0.05, 0.1) is 30.7 Å². The number of fused-ring (bicyclic) bond motifs is 2. The smallest absolute Gasteiger partial charge is 0.313 e. The third kappa shape index (κ3) is 6.13. The van der Waals surface area contributed by atoms with Crippen LogP contribution >= 0.6 is 0 Å². The molecule has 46 heavy (non-hydrogen) atoms. The number of unbranched alkanes of at least 4 members (excludes halogenated alkanes) is 1. The largest absolute Gasteiger partial charge is 0.455 e. The van der Waals surface area contributed by atoms with Crippen LogP contribution in [-0.4, -0.2) is 100 Å². The van der Waals surface area contributed by atoms with Crippen LogP contribution in [0.2, 0.25) is 0 Å². The Morgan fingerprint density at radius 3 is 2.48 bits per heavy atom. The summed E-state index contributed by atoms with van der Waals surface area (Å²) >= 11 is 0. The van der Waals surface area contributed by atoms with Crippen LogP contribution in [0.25, 0.3) is 0 Å². The summed E-state index contributed by atoms with van der Waals surface area (Å²) in [5, 5.41) is 10.6. The predicted molar refractivity (Wildman–Crippen MR) is 172 cm³/mol. The lowest BCUT2D eigenvalue weighted by atomic mass is 9.74. The molecular formula is C36H49N3O7. The summed E-state index contributed by atoms with van der Waals surface area (Å²) < 4.78 is 12.9. The van der Waals surface area contributed by atoms with Gasteiger partial charge in [0.25, 0.3) is 0 Å². The first kappa shape index (κ1) is 33.9. The second-order valence-corrected chi connectivity index (χ2v) is 13.6. The highest BCUT2D eigenvalue weighted by Gasteiger charge is 2.74. The van der Waals surface area contributed by atoms with Crippen LogP contribution in [0.5, 0.6) is 0 Å². The molecule has 0 aromatic heterocycles. The number of cyclic esters (lactones) is 1. The number of amides is 3. The Kier molecular flexibility index (Phi) is 10.4. The van der Waals surface area contributed by atoms with Gasteiger partial charge >= 0.3 is 5.97 Å². The Bertz CT molecular complexity index is 1350. The summed E-state index contributed by atoms with van der Waals surface area (Å²) in [4.78, 5) is 61.7. The number of aliphatic hydroxyl groups is 1. The number of hydrogen-bond donors (Lipinski definition) is 1. The summed E-state index contributed by atoms with van der Waals surface area (Å²) in [6.45, 7) is 8.39. The molecule has 5 rings (SSSR count). The summed E-state index contributed by atoms with van der Waals surface area (Å²) in [6, 6.07) is 7.13. The van der Waals surface area contributed by atoms with E-state index in [-0.39, 0.29) is 36.7 Å². The van der Waals surface area contributed by atoms with E-state index in [1.807, 2.05) is 63.3 Å².